The summed E-state index contributed by atoms with van der Waals surface area (Å²) in [7, 11) is 0. The number of rotatable bonds is 5. The zero-order chi connectivity index (χ0) is 15.2. The van der Waals surface area contributed by atoms with Crippen LogP contribution in [0, 0.1) is 0 Å². The Morgan fingerprint density at radius 2 is 2.29 bits per heavy atom. The second kappa shape index (κ2) is 7.01. The Morgan fingerprint density at radius 3 is 3.00 bits per heavy atom. The minimum absolute atomic E-state index is 0.0352. The Morgan fingerprint density at radius 1 is 1.48 bits per heavy atom. The van der Waals surface area contributed by atoms with E-state index in [1.165, 1.54) is 0 Å². The van der Waals surface area contributed by atoms with E-state index >= 15 is 0 Å². The Bertz CT molecular complexity index is 521. The van der Waals surface area contributed by atoms with Crippen LogP contribution < -0.4 is 5.32 Å². The molecule has 7 heteroatoms. The van der Waals surface area contributed by atoms with Crippen molar-refractivity contribution in [1.29, 1.82) is 0 Å². The fraction of sp³-hybridized carbons (Fsp3) is 0.571. The summed E-state index contributed by atoms with van der Waals surface area (Å²) >= 11 is 0. The number of nitrogens with zero attached hydrogens (tertiary/aromatic N) is 3. The molecule has 1 amide bonds. The molecule has 0 unspecified atom stereocenters. The first-order valence-corrected chi connectivity index (χ1v) is 7.09. The lowest BCUT2D eigenvalue weighted by Crippen LogP contribution is -2.37. The highest BCUT2D eigenvalue weighted by molar-refractivity contribution is 5.73. The van der Waals surface area contributed by atoms with Crippen LogP contribution in [0.3, 0.4) is 0 Å². The van der Waals surface area contributed by atoms with Crippen molar-refractivity contribution < 1.29 is 14.7 Å². The number of anilines is 1. The van der Waals surface area contributed by atoms with E-state index in [-0.39, 0.29) is 18.2 Å². The number of amides is 1. The van der Waals surface area contributed by atoms with Crippen molar-refractivity contribution in [2.45, 2.75) is 32.1 Å². The van der Waals surface area contributed by atoms with Crippen LogP contribution >= 0.6 is 0 Å². The van der Waals surface area contributed by atoms with Crippen LogP contribution in [0.25, 0.3) is 0 Å². The molecule has 0 spiro atoms. The molecule has 0 aromatic carbocycles. The number of hydrogen-bond donors (Lipinski definition) is 2. The van der Waals surface area contributed by atoms with Gasteiger partial charge in [-0.15, -0.1) is 0 Å². The van der Waals surface area contributed by atoms with Gasteiger partial charge in [0.1, 0.15) is 5.82 Å². The van der Waals surface area contributed by atoms with Crippen LogP contribution in [-0.4, -0.2) is 51.5 Å². The third-order valence-corrected chi connectivity index (χ3v) is 3.58. The van der Waals surface area contributed by atoms with Crippen molar-refractivity contribution >= 4 is 17.7 Å². The first kappa shape index (κ1) is 15.2. The predicted molar refractivity (Wildman–Crippen MR) is 77.0 cm³/mol. The molecule has 0 saturated carbocycles. The maximum absolute atomic E-state index is 11.5. The first-order valence-electron chi connectivity index (χ1n) is 7.09. The Kier molecular flexibility index (Phi) is 5.08. The van der Waals surface area contributed by atoms with E-state index in [1.54, 1.807) is 19.3 Å². The summed E-state index contributed by atoms with van der Waals surface area (Å²) < 4.78 is 0. The molecule has 1 aliphatic rings. The molecule has 1 fully saturated rings. The Hall–Kier alpha value is -2.18. The lowest BCUT2D eigenvalue weighted by Gasteiger charge is -2.31. The second-order valence-electron chi connectivity index (χ2n) is 5.20. The van der Waals surface area contributed by atoms with Gasteiger partial charge in [-0.2, -0.15) is 0 Å². The molecule has 21 heavy (non-hydrogen) atoms. The lowest BCUT2D eigenvalue weighted by molar-refractivity contribution is -0.136. The number of piperidine rings is 1. The van der Waals surface area contributed by atoms with Crippen molar-refractivity contribution in [3.05, 3.63) is 18.1 Å². The molecule has 1 aromatic rings. The van der Waals surface area contributed by atoms with Crippen molar-refractivity contribution in [2.24, 2.45) is 0 Å². The van der Waals surface area contributed by atoms with Gasteiger partial charge >= 0.3 is 5.97 Å². The SMILES string of the molecule is CC(=O)N1CCC[C@H](c2cncc(NCCC(=O)O)n2)C1. The quantitative estimate of drug-likeness (QED) is 0.843. The smallest absolute Gasteiger partial charge is 0.305 e. The van der Waals surface area contributed by atoms with Gasteiger partial charge in [0, 0.05) is 38.7 Å². The molecular formula is C14H20N4O3. The van der Waals surface area contributed by atoms with Crippen molar-refractivity contribution in [2.75, 3.05) is 25.0 Å². The summed E-state index contributed by atoms with van der Waals surface area (Å²) in [4.78, 5) is 32.4. The number of hydrogen-bond acceptors (Lipinski definition) is 5. The highest BCUT2D eigenvalue weighted by atomic mass is 16.4. The van der Waals surface area contributed by atoms with Crippen LogP contribution in [0.4, 0.5) is 5.82 Å². The Balaban J connectivity index is 1.99. The molecule has 2 N–H and O–H groups in total. The standard InChI is InChI=1S/C14H20N4O3/c1-10(19)18-6-2-3-11(9-18)12-7-15-8-13(17-12)16-5-4-14(20)21/h7-8,11H,2-6,9H2,1H3,(H,16,17)(H,20,21)/t11-/m0/s1. The van der Waals surface area contributed by atoms with Crippen molar-refractivity contribution in [3.8, 4) is 0 Å². The van der Waals surface area contributed by atoms with Crippen LogP contribution in [0.1, 0.15) is 37.8 Å². The van der Waals surface area contributed by atoms with Gasteiger partial charge in [-0.1, -0.05) is 0 Å². The molecule has 1 saturated heterocycles. The number of carbonyl (C=O) groups excluding carboxylic acids is 1. The molecule has 0 aliphatic carbocycles. The van der Waals surface area contributed by atoms with E-state index in [9.17, 15) is 9.59 Å². The third-order valence-electron chi connectivity index (χ3n) is 3.58. The number of aromatic nitrogens is 2. The molecule has 0 bridgehead atoms. The maximum atomic E-state index is 11.5. The summed E-state index contributed by atoms with van der Waals surface area (Å²) in [5.74, 6) is 0.00413. The number of carbonyl (C=O) groups is 2. The molecule has 7 nitrogen and oxygen atoms in total. The lowest BCUT2D eigenvalue weighted by atomic mass is 9.95. The summed E-state index contributed by atoms with van der Waals surface area (Å²) in [5.41, 5.74) is 0.848. The molecule has 0 radical (unpaired) electrons. The van der Waals surface area contributed by atoms with Crippen molar-refractivity contribution in [1.82, 2.24) is 14.9 Å². The van der Waals surface area contributed by atoms with E-state index in [0.717, 1.165) is 25.1 Å². The topological polar surface area (TPSA) is 95.4 Å². The second-order valence-corrected chi connectivity index (χ2v) is 5.20. The summed E-state index contributed by atoms with van der Waals surface area (Å²) in [6, 6.07) is 0. The van der Waals surface area contributed by atoms with Gasteiger partial charge in [0.05, 0.1) is 18.3 Å². The number of likely N-dealkylation sites (tertiary alicyclic amines) is 1. The summed E-state index contributed by atoms with van der Waals surface area (Å²) in [5, 5.41) is 11.6. The van der Waals surface area contributed by atoms with E-state index in [1.807, 2.05) is 4.90 Å². The normalized spacial score (nSPS) is 18.3. The largest absolute Gasteiger partial charge is 0.481 e. The number of carboxylic acids is 1. The molecule has 1 atom stereocenters. The van der Waals surface area contributed by atoms with Crippen LogP contribution in [0.2, 0.25) is 0 Å². The molecular weight excluding hydrogens is 272 g/mol. The van der Waals surface area contributed by atoms with Crippen molar-refractivity contribution in [3.63, 3.8) is 0 Å². The number of nitrogens with one attached hydrogen (secondary N) is 1. The predicted octanol–water partition coefficient (Wildman–Crippen LogP) is 1.09. The monoisotopic (exact) mass is 292 g/mol. The molecule has 114 valence electrons. The Labute approximate surface area is 123 Å². The van der Waals surface area contributed by atoms with Crippen LogP contribution in [-0.2, 0) is 9.59 Å². The highest BCUT2D eigenvalue weighted by Gasteiger charge is 2.24. The average Bonchev–Trinajstić information content (AvgIpc) is 2.47. The molecule has 2 heterocycles. The molecule has 1 aromatic heterocycles. The van der Waals surface area contributed by atoms with E-state index in [4.69, 9.17) is 5.11 Å². The maximum Gasteiger partial charge on any atom is 0.305 e. The van der Waals surface area contributed by atoms with Gasteiger partial charge in [-0.05, 0) is 12.8 Å². The van der Waals surface area contributed by atoms with Gasteiger partial charge in [0.2, 0.25) is 5.91 Å². The fourth-order valence-corrected chi connectivity index (χ4v) is 2.46. The minimum Gasteiger partial charge on any atom is -0.481 e. The average molecular weight is 292 g/mol. The van der Waals surface area contributed by atoms with Gasteiger partial charge in [-0.25, -0.2) is 4.98 Å². The van der Waals surface area contributed by atoms with E-state index in [2.05, 4.69) is 15.3 Å². The number of carboxylic acid groups (broad SMARTS) is 1. The third kappa shape index (κ3) is 4.40. The van der Waals surface area contributed by atoms with E-state index < -0.39 is 5.97 Å². The van der Waals surface area contributed by atoms with Gasteiger partial charge in [0.15, 0.2) is 0 Å². The van der Waals surface area contributed by atoms with Gasteiger partial charge in [0.25, 0.3) is 0 Å². The van der Waals surface area contributed by atoms with Crippen LogP contribution in [0.15, 0.2) is 12.4 Å². The molecule has 1 aliphatic heterocycles. The highest BCUT2D eigenvalue weighted by Crippen LogP contribution is 2.25. The molecule has 2 rings (SSSR count). The minimum atomic E-state index is -0.851. The van der Waals surface area contributed by atoms with Gasteiger partial charge in [-0.3, -0.25) is 14.6 Å². The zero-order valence-electron chi connectivity index (χ0n) is 12.1. The zero-order valence-corrected chi connectivity index (χ0v) is 12.1. The summed E-state index contributed by atoms with van der Waals surface area (Å²) in [6.07, 6.45) is 5.28. The van der Waals surface area contributed by atoms with Crippen LogP contribution in [0.5, 0.6) is 0 Å². The fourth-order valence-electron chi connectivity index (χ4n) is 2.46. The van der Waals surface area contributed by atoms with Gasteiger partial charge < -0.3 is 15.3 Å². The first-order chi connectivity index (χ1) is 10.1. The summed E-state index contributed by atoms with van der Waals surface area (Å²) in [6.45, 7) is 3.37. The number of aliphatic carboxylic acids is 1. The van der Waals surface area contributed by atoms with E-state index in [0.29, 0.717) is 18.9 Å².